The van der Waals surface area contributed by atoms with E-state index < -0.39 is 5.25 Å². The Balaban J connectivity index is 1.92. The van der Waals surface area contributed by atoms with Crippen LogP contribution in [-0.2, 0) is 4.79 Å². The van der Waals surface area contributed by atoms with Gasteiger partial charge in [-0.1, -0.05) is 54.2 Å². The first kappa shape index (κ1) is 18.7. The largest absolute Gasteiger partial charge is 0.383 e. The van der Waals surface area contributed by atoms with Crippen LogP contribution in [0, 0.1) is 13.8 Å². The Bertz CT molecular complexity index is 942. The molecular formula is C20H21N5OS. The van der Waals surface area contributed by atoms with Gasteiger partial charge in [0.05, 0.1) is 0 Å². The standard InChI is InChI=1S/C20H21N5OS/c1-12-8-9-13(2)15(10-12)23-19(26)18(14-6-4-3-5-7-14)27-20-24-16(21)11-17(22)25-20/h3-11,18H,1-2H3,(H,23,26)(H4,21,22,24,25)/t18-/m0/s1. The van der Waals surface area contributed by atoms with Crippen molar-refractivity contribution in [3.63, 3.8) is 0 Å². The minimum Gasteiger partial charge on any atom is -0.383 e. The molecule has 0 radical (unpaired) electrons. The van der Waals surface area contributed by atoms with E-state index in [0.717, 1.165) is 22.4 Å². The van der Waals surface area contributed by atoms with Crippen LogP contribution in [0.25, 0.3) is 0 Å². The van der Waals surface area contributed by atoms with Crippen LogP contribution in [0.5, 0.6) is 0 Å². The number of hydrogen-bond acceptors (Lipinski definition) is 6. The molecule has 138 valence electrons. The molecule has 0 saturated heterocycles. The lowest BCUT2D eigenvalue weighted by Gasteiger charge is -2.17. The number of nitrogens with zero attached hydrogens (tertiary/aromatic N) is 2. The topological polar surface area (TPSA) is 107 Å². The van der Waals surface area contributed by atoms with Crippen molar-refractivity contribution >= 4 is 35.0 Å². The van der Waals surface area contributed by atoms with Crippen molar-refractivity contribution in [3.8, 4) is 0 Å². The molecule has 0 unspecified atom stereocenters. The Hall–Kier alpha value is -3.06. The Labute approximate surface area is 162 Å². The molecule has 0 aliphatic rings. The highest BCUT2D eigenvalue weighted by Crippen LogP contribution is 2.35. The number of carbonyl (C=O) groups is 1. The number of nitrogen functional groups attached to an aromatic ring is 2. The molecule has 3 aromatic rings. The van der Waals surface area contributed by atoms with E-state index in [4.69, 9.17) is 11.5 Å². The summed E-state index contributed by atoms with van der Waals surface area (Å²) in [5.74, 6) is 0.378. The average Bonchev–Trinajstić information content (AvgIpc) is 2.62. The summed E-state index contributed by atoms with van der Waals surface area (Å²) in [6.07, 6.45) is 0. The van der Waals surface area contributed by atoms with Gasteiger partial charge in [0, 0.05) is 11.8 Å². The van der Waals surface area contributed by atoms with Gasteiger partial charge < -0.3 is 16.8 Å². The number of thioether (sulfide) groups is 1. The lowest BCUT2D eigenvalue weighted by atomic mass is 10.1. The molecule has 1 atom stereocenters. The Morgan fingerprint density at radius 1 is 1.00 bits per heavy atom. The fraction of sp³-hybridized carbons (Fsp3) is 0.150. The summed E-state index contributed by atoms with van der Waals surface area (Å²) in [7, 11) is 0. The molecule has 0 fully saturated rings. The molecule has 1 amide bonds. The fourth-order valence-corrected chi connectivity index (χ4v) is 3.58. The number of nitrogens with two attached hydrogens (primary N) is 2. The summed E-state index contributed by atoms with van der Waals surface area (Å²) in [6, 6.07) is 16.9. The van der Waals surface area contributed by atoms with Crippen molar-refractivity contribution in [1.82, 2.24) is 9.97 Å². The molecule has 0 saturated carbocycles. The zero-order valence-corrected chi connectivity index (χ0v) is 16.0. The second kappa shape index (κ2) is 8.09. The van der Waals surface area contributed by atoms with Crippen molar-refractivity contribution < 1.29 is 4.79 Å². The van der Waals surface area contributed by atoms with Gasteiger partial charge in [-0.3, -0.25) is 4.79 Å². The van der Waals surface area contributed by atoms with Crippen molar-refractivity contribution in [3.05, 3.63) is 71.3 Å². The molecule has 0 aliphatic heterocycles. The third kappa shape index (κ3) is 4.77. The predicted molar refractivity (Wildman–Crippen MR) is 110 cm³/mol. The van der Waals surface area contributed by atoms with Gasteiger partial charge in [-0.25, -0.2) is 9.97 Å². The maximum atomic E-state index is 13.1. The number of amides is 1. The first-order valence-electron chi connectivity index (χ1n) is 8.42. The van der Waals surface area contributed by atoms with E-state index in [1.807, 2.05) is 62.4 Å². The van der Waals surface area contributed by atoms with E-state index in [1.54, 1.807) is 0 Å². The van der Waals surface area contributed by atoms with Gasteiger partial charge in [-0.2, -0.15) is 0 Å². The first-order valence-corrected chi connectivity index (χ1v) is 9.30. The van der Waals surface area contributed by atoms with Crippen molar-refractivity contribution in [1.29, 1.82) is 0 Å². The van der Waals surface area contributed by atoms with Gasteiger partial charge in [0.25, 0.3) is 0 Å². The fourth-order valence-electron chi connectivity index (χ4n) is 2.59. The number of rotatable bonds is 5. The molecule has 0 aliphatic carbocycles. The zero-order valence-electron chi connectivity index (χ0n) is 15.1. The Morgan fingerprint density at radius 2 is 1.67 bits per heavy atom. The molecule has 0 spiro atoms. The van der Waals surface area contributed by atoms with Gasteiger partial charge in [0.1, 0.15) is 16.9 Å². The van der Waals surface area contributed by atoms with Crippen LogP contribution in [-0.4, -0.2) is 15.9 Å². The maximum Gasteiger partial charge on any atom is 0.242 e. The first-order chi connectivity index (χ1) is 12.9. The lowest BCUT2D eigenvalue weighted by molar-refractivity contribution is -0.115. The number of benzene rings is 2. The summed E-state index contributed by atoms with van der Waals surface area (Å²) >= 11 is 1.21. The second-order valence-electron chi connectivity index (χ2n) is 6.22. The number of aromatic nitrogens is 2. The van der Waals surface area contributed by atoms with Crippen LogP contribution >= 0.6 is 11.8 Å². The smallest absolute Gasteiger partial charge is 0.242 e. The summed E-state index contributed by atoms with van der Waals surface area (Å²) in [4.78, 5) is 21.5. The van der Waals surface area contributed by atoms with E-state index in [-0.39, 0.29) is 17.5 Å². The molecule has 1 aromatic heterocycles. The highest BCUT2D eigenvalue weighted by atomic mass is 32.2. The van der Waals surface area contributed by atoms with E-state index in [1.165, 1.54) is 17.8 Å². The minimum absolute atomic E-state index is 0.163. The number of carbonyl (C=O) groups excluding carboxylic acids is 1. The van der Waals surface area contributed by atoms with Crippen LogP contribution in [0.1, 0.15) is 21.9 Å². The average molecular weight is 379 g/mol. The van der Waals surface area contributed by atoms with Crippen LogP contribution in [0.15, 0.2) is 59.8 Å². The Kier molecular flexibility index (Phi) is 5.61. The van der Waals surface area contributed by atoms with Gasteiger partial charge in [0.2, 0.25) is 5.91 Å². The van der Waals surface area contributed by atoms with Crippen LogP contribution in [0.2, 0.25) is 0 Å². The molecule has 0 bridgehead atoms. The van der Waals surface area contributed by atoms with Crippen LogP contribution < -0.4 is 16.8 Å². The minimum atomic E-state index is -0.549. The maximum absolute atomic E-state index is 13.1. The predicted octanol–water partition coefficient (Wildman–Crippen LogP) is 3.73. The molecule has 6 nitrogen and oxygen atoms in total. The third-order valence-corrected chi connectivity index (χ3v) is 5.08. The number of anilines is 3. The van der Waals surface area contributed by atoms with Crippen LogP contribution in [0.3, 0.4) is 0 Å². The van der Waals surface area contributed by atoms with Crippen molar-refractivity contribution in [2.24, 2.45) is 0 Å². The molecular weight excluding hydrogens is 358 g/mol. The zero-order chi connectivity index (χ0) is 19.4. The van der Waals surface area contributed by atoms with Crippen molar-refractivity contribution in [2.75, 3.05) is 16.8 Å². The number of hydrogen-bond donors (Lipinski definition) is 3. The molecule has 7 heteroatoms. The SMILES string of the molecule is Cc1ccc(C)c(NC(=O)[C@@H](Sc2nc(N)cc(N)n2)c2ccccc2)c1. The van der Waals surface area contributed by atoms with Gasteiger partial charge in [-0.15, -0.1) is 0 Å². The highest BCUT2D eigenvalue weighted by molar-refractivity contribution is 8.00. The summed E-state index contributed by atoms with van der Waals surface area (Å²) in [5, 5.41) is 2.83. The number of aryl methyl sites for hydroxylation is 2. The third-order valence-electron chi connectivity index (χ3n) is 3.96. The van der Waals surface area contributed by atoms with Gasteiger partial charge in [-0.05, 0) is 36.6 Å². The molecule has 5 N–H and O–H groups in total. The van der Waals surface area contributed by atoms with E-state index in [0.29, 0.717) is 5.16 Å². The normalized spacial score (nSPS) is 11.8. The van der Waals surface area contributed by atoms with E-state index in [2.05, 4.69) is 15.3 Å². The molecule has 27 heavy (non-hydrogen) atoms. The van der Waals surface area contributed by atoms with E-state index in [9.17, 15) is 4.79 Å². The van der Waals surface area contributed by atoms with Gasteiger partial charge >= 0.3 is 0 Å². The molecule has 3 rings (SSSR count). The number of nitrogens with one attached hydrogen (secondary N) is 1. The van der Waals surface area contributed by atoms with Crippen molar-refractivity contribution in [2.45, 2.75) is 24.3 Å². The molecule has 1 heterocycles. The summed E-state index contributed by atoms with van der Waals surface area (Å²) in [5.41, 5.74) is 15.2. The Morgan fingerprint density at radius 3 is 2.33 bits per heavy atom. The summed E-state index contributed by atoms with van der Waals surface area (Å²) < 4.78 is 0. The summed E-state index contributed by atoms with van der Waals surface area (Å²) in [6.45, 7) is 3.95. The van der Waals surface area contributed by atoms with E-state index >= 15 is 0 Å². The second-order valence-corrected chi connectivity index (χ2v) is 7.29. The van der Waals surface area contributed by atoms with Crippen LogP contribution in [0.4, 0.5) is 17.3 Å². The van der Waals surface area contributed by atoms with Gasteiger partial charge in [0.15, 0.2) is 5.16 Å². The quantitative estimate of drug-likeness (QED) is 0.461. The molecule has 2 aromatic carbocycles. The highest BCUT2D eigenvalue weighted by Gasteiger charge is 2.24. The monoisotopic (exact) mass is 379 g/mol. The lowest BCUT2D eigenvalue weighted by Crippen LogP contribution is -2.20.